The van der Waals surface area contributed by atoms with Gasteiger partial charge in [-0.3, -0.25) is 4.79 Å². The number of amides is 3. The predicted octanol–water partition coefficient (Wildman–Crippen LogP) is 2.39. The van der Waals surface area contributed by atoms with Crippen LogP contribution in [0, 0.1) is 0 Å². The molecule has 144 valence electrons. The molecule has 1 atom stereocenters. The number of hydrogen-bond donors (Lipinski definition) is 1. The Morgan fingerprint density at radius 3 is 2.67 bits per heavy atom. The van der Waals surface area contributed by atoms with E-state index in [4.69, 9.17) is 4.98 Å². The quantitative estimate of drug-likeness (QED) is 0.897. The van der Waals surface area contributed by atoms with E-state index in [0.29, 0.717) is 25.4 Å². The number of pyridine rings is 2. The van der Waals surface area contributed by atoms with Crippen LogP contribution in [-0.2, 0) is 4.79 Å². The van der Waals surface area contributed by atoms with Crippen LogP contribution in [0.3, 0.4) is 0 Å². The molecule has 7 nitrogen and oxygen atoms in total. The average Bonchev–Trinajstić information content (AvgIpc) is 2.71. The summed E-state index contributed by atoms with van der Waals surface area (Å²) in [4.78, 5) is 37.0. The summed E-state index contributed by atoms with van der Waals surface area (Å²) < 4.78 is 0. The normalized spacial score (nSPS) is 16.2. The van der Waals surface area contributed by atoms with Gasteiger partial charge in [-0.2, -0.15) is 0 Å². The first kappa shape index (κ1) is 19.1. The highest BCUT2D eigenvalue weighted by molar-refractivity contribution is 5.86. The minimum Gasteiger partial charge on any atom is -0.347 e. The van der Waals surface area contributed by atoms with Crippen LogP contribution in [0.4, 0.5) is 4.79 Å². The lowest BCUT2D eigenvalue weighted by Gasteiger charge is -2.33. The third kappa shape index (κ3) is 4.35. The topological polar surface area (TPSA) is 78.4 Å². The van der Waals surface area contributed by atoms with E-state index in [2.05, 4.69) is 22.4 Å². The number of carbonyl (C=O) groups excluding carboxylic acids is 2. The fraction of sp³-hybridized carbons (Fsp3) is 0.500. The molecule has 0 unspecified atom stereocenters. The first-order valence-corrected chi connectivity index (χ1v) is 9.48. The zero-order valence-corrected chi connectivity index (χ0v) is 16.2. The Kier molecular flexibility index (Phi) is 5.88. The minimum atomic E-state index is -0.474. The van der Waals surface area contributed by atoms with Crippen molar-refractivity contribution in [3.05, 3.63) is 36.2 Å². The van der Waals surface area contributed by atoms with Gasteiger partial charge in [-0.05, 0) is 43.5 Å². The number of rotatable bonds is 4. The smallest absolute Gasteiger partial charge is 0.318 e. The number of nitrogens with zero attached hydrogens (tertiary/aromatic N) is 4. The molecule has 0 saturated carbocycles. The van der Waals surface area contributed by atoms with E-state index in [0.717, 1.165) is 29.6 Å². The Hall–Kier alpha value is -2.70. The highest BCUT2D eigenvalue weighted by Gasteiger charge is 2.27. The molecule has 27 heavy (non-hydrogen) atoms. The lowest BCUT2D eigenvalue weighted by atomic mass is 9.93. The number of piperidine rings is 1. The third-order valence-corrected chi connectivity index (χ3v) is 5.13. The number of urea groups is 1. The number of nitrogens with one attached hydrogen (secondary N) is 1. The first-order chi connectivity index (χ1) is 13.0. The standard InChI is InChI=1S/C20H27N5O2/c1-4-16(19(26)24(2)3)23-20(27)25-12-9-14(10-13-25)17-8-7-15-6-5-11-21-18(15)22-17/h5-8,11,14,16H,4,9-10,12-13H2,1-3H3,(H,23,27)/t16-/m1/s1. The predicted molar refractivity (Wildman–Crippen MR) is 104 cm³/mol. The number of fused-ring (bicyclic) bond motifs is 1. The molecule has 3 amide bonds. The maximum atomic E-state index is 12.5. The molecule has 0 bridgehead atoms. The van der Waals surface area contributed by atoms with Crippen LogP contribution in [0.15, 0.2) is 30.5 Å². The summed E-state index contributed by atoms with van der Waals surface area (Å²) in [6.07, 6.45) is 4.05. The molecule has 0 aromatic carbocycles. The first-order valence-electron chi connectivity index (χ1n) is 9.48. The van der Waals surface area contributed by atoms with Crippen LogP contribution in [0.25, 0.3) is 11.0 Å². The summed E-state index contributed by atoms with van der Waals surface area (Å²) in [5.74, 6) is 0.249. The second-order valence-corrected chi connectivity index (χ2v) is 7.19. The molecule has 0 spiro atoms. The Bertz CT molecular complexity index is 815. The van der Waals surface area contributed by atoms with Crippen molar-refractivity contribution >= 4 is 23.0 Å². The van der Waals surface area contributed by atoms with Crippen LogP contribution < -0.4 is 5.32 Å². The van der Waals surface area contributed by atoms with Gasteiger partial charge in [0.25, 0.3) is 0 Å². The SMILES string of the molecule is CC[C@@H](NC(=O)N1CCC(c2ccc3cccnc3n2)CC1)C(=O)N(C)C. The maximum Gasteiger partial charge on any atom is 0.318 e. The largest absolute Gasteiger partial charge is 0.347 e. The molecule has 3 rings (SSSR count). The third-order valence-electron chi connectivity index (χ3n) is 5.13. The van der Waals surface area contributed by atoms with Gasteiger partial charge in [0.15, 0.2) is 5.65 Å². The van der Waals surface area contributed by atoms with E-state index in [9.17, 15) is 9.59 Å². The highest BCUT2D eigenvalue weighted by atomic mass is 16.2. The molecular weight excluding hydrogens is 342 g/mol. The molecule has 0 aliphatic carbocycles. The van der Waals surface area contributed by atoms with Crippen LogP contribution in [0.5, 0.6) is 0 Å². The van der Waals surface area contributed by atoms with Crippen molar-refractivity contribution in [2.45, 2.75) is 38.1 Å². The number of aromatic nitrogens is 2. The molecule has 3 heterocycles. The fourth-order valence-electron chi connectivity index (χ4n) is 3.46. The molecule has 1 aliphatic heterocycles. The monoisotopic (exact) mass is 369 g/mol. The minimum absolute atomic E-state index is 0.0754. The molecule has 2 aromatic rings. The Labute approximate surface area is 159 Å². The summed E-state index contributed by atoms with van der Waals surface area (Å²) in [5.41, 5.74) is 1.80. The molecule has 2 aromatic heterocycles. The van der Waals surface area contributed by atoms with Crippen molar-refractivity contribution in [2.75, 3.05) is 27.2 Å². The maximum absolute atomic E-state index is 12.5. The van der Waals surface area contributed by atoms with Gasteiger partial charge in [0.2, 0.25) is 5.91 Å². The van der Waals surface area contributed by atoms with Gasteiger partial charge in [-0.25, -0.2) is 14.8 Å². The summed E-state index contributed by atoms with van der Waals surface area (Å²) in [6.45, 7) is 3.22. The zero-order chi connectivity index (χ0) is 19.4. The summed E-state index contributed by atoms with van der Waals surface area (Å²) in [5, 5.41) is 3.90. The Balaban J connectivity index is 1.59. The Morgan fingerprint density at radius 2 is 2.00 bits per heavy atom. The van der Waals surface area contributed by atoms with E-state index in [-0.39, 0.29) is 11.9 Å². The summed E-state index contributed by atoms with van der Waals surface area (Å²) >= 11 is 0. The number of hydrogen-bond acceptors (Lipinski definition) is 4. The lowest BCUT2D eigenvalue weighted by molar-refractivity contribution is -0.130. The van der Waals surface area contributed by atoms with Crippen molar-refractivity contribution in [3.63, 3.8) is 0 Å². The van der Waals surface area contributed by atoms with E-state index < -0.39 is 6.04 Å². The second kappa shape index (κ2) is 8.33. The van der Waals surface area contributed by atoms with Crippen LogP contribution in [0.2, 0.25) is 0 Å². The average molecular weight is 369 g/mol. The Morgan fingerprint density at radius 1 is 1.26 bits per heavy atom. The van der Waals surface area contributed by atoms with Crippen molar-refractivity contribution in [3.8, 4) is 0 Å². The van der Waals surface area contributed by atoms with Crippen molar-refractivity contribution in [1.82, 2.24) is 25.1 Å². The van der Waals surface area contributed by atoms with Gasteiger partial charge in [0, 0.05) is 50.4 Å². The number of carbonyl (C=O) groups is 2. The number of likely N-dealkylation sites (N-methyl/N-ethyl adjacent to an activating group) is 1. The van der Waals surface area contributed by atoms with Gasteiger partial charge in [0.1, 0.15) is 6.04 Å². The van der Waals surface area contributed by atoms with Gasteiger partial charge in [-0.15, -0.1) is 0 Å². The van der Waals surface area contributed by atoms with E-state index in [1.54, 1.807) is 25.2 Å². The van der Waals surface area contributed by atoms with E-state index in [1.165, 1.54) is 4.90 Å². The summed E-state index contributed by atoms with van der Waals surface area (Å²) in [6, 6.07) is 7.40. The number of likely N-dealkylation sites (tertiary alicyclic amines) is 1. The van der Waals surface area contributed by atoms with Crippen molar-refractivity contribution < 1.29 is 9.59 Å². The van der Waals surface area contributed by atoms with Crippen LogP contribution in [0.1, 0.15) is 37.8 Å². The van der Waals surface area contributed by atoms with E-state index in [1.807, 2.05) is 19.1 Å². The van der Waals surface area contributed by atoms with Crippen LogP contribution >= 0.6 is 0 Å². The molecule has 1 saturated heterocycles. The van der Waals surface area contributed by atoms with Crippen molar-refractivity contribution in [1.29, 1.82) is 0 Å². The highest BCUT2D eigenvalue weighted by Crippen LogP contribution is 2.27. The zero-order valence-electron chi connectivity index (χ0n) is 16.2. The summed E-state index contributed by atoms with van der Waals surface area (Å²) in [7, 11) is 3.40. The molecule has 1 N–H and O–H groups in total. The molecule has 1 fully saturated rings. The van der Waals surface area contributed by atoms with Gasteiger partial charge in [0.05, 0.1) is 0 Å². The van der Waals surface area contributed by atoms with Gasteiger partial charge < -0.3 is 15.1 Å². The second-order valence-electron chi connectivity index (χ2n) is 7.19. The molecule has 0 radical (unpaired) electrons. The molecule has 1 aliphatic rings. The lowest BCUT2D eigenvalue weighted by Crippen LogP contribution is -2.52. The van der Waals surface area contributed by atoms with Crippen LogP contribution in [-0.4, -0.2) is 64.9 Å². The molecule has 7 heteroatoms. The van der Waals surface area contributed by atoms with Gasteiger partial charge in [-0.1, -0.05) is 6.92 Å². The fourth-order valence-corrected chi connectivity index (χ4v) is 3.46. The van der Waals surface area contributed by atoms with Gasteiger partial charge >= 0.3 is 6.03 Å². The molecular formula is C20H27N5O2. The van der Waals surface area contributed by atoms with E-state index >= 15 is 0 Å². The van der Waals surface area contributed by atoms with Crippen molar-refractivity contribution in [2.24, 2.45) is 0 Å².